The maximum atomic E-state index is 12.6. The number of anilines is 1. The number of amides is 1. The van der Waals surface area contributed by atoms with E-state index < -0.39 is 10.0 Å². The molecule has 12 heteroatoms. The summed E-state index contributed by atoms with van der Waals surface area (Å²) in [7, 11) is -1.82. The molecule has 2 aromatic rings. The SMILES string of the molecule is CCNC(=NCCNS(=O)(=O)c1cccnc1)N1CCN(c2cnn(C)c2)C(=O)C1. The number of aryl methyl sites for hydroxylation is 1. The Morgan fingerprint density at radius 2 is 2.13 bits per heavy atom. The molecule has 2 aromatic heterocycles. The summed E-state index contributed by atoms with van der Waals surface area (Å²) in [5, 5.41) is 7.28. The van der Waals surface area contributed by atoms with E-state index in [1.807, 2.05) is 18.9 Å². The number of aliphatic imine (C=N–C) groups is 1. The van der Waals surface area contributed by atoms with E-state index in [-0.39, 0.29) is 30.4 Å². The van der Waals surface area contributed by atoms with E-state index in [0.717, 1.165) is 5.69 Å². The van der Waals surface area contributed by atoms with Crippen molar-refractivity contribution >= 4 is 27.6 Å². The number of hydrogen-bond acceptors (Lipinski definition) is 6. The molecule has 1 aliphatic rings. The van der Waals surface area contributed by atoms with Gasteiger partial charge in [-0.1, -0.05) is 0 Å². The highest BCUT2D eigenvalue weighted by atomic mass is 32.2. The molecule has 0 atom stereocenters. The largest absolute Gasteiger partial charge is 0.357 e. The molecule has 30 heavy (non-hydrogen) atoms. The summed E-state index contributed by atoms with van der Waals surface area (Å²) in [6.07, 6.45) is 6.28. The Kier molecular flexibility index (Phi) is 7.00. The van der Waals surface area contributed by atoms with E-state index >= 15 is 0 Å². The Bertz CT molecular complexity index is 990. The van der Waals surface area contributed by atoms with Crippen molar-refractivity contribution in [2.45, 2.75) is 11.8 Å². The van der Waals surface area contributed by atoms with Crippen LogP contribution in [0.25, 0.3) is 0 Å². The van der Waals surface area contributed by atoms with Gasteiger partial charge >= 0.3 is 0 Å². The zero-order chi connectivity index (χ0) is 21.6. The fourth-order valence-electron chi connectivity index (χ4n) is 3.03. The summed E-state index contributed by atoms with van der Waals surface area (Å²) in [5.41, 5.74) is 0.772. The Balaban J connectivity index is 1.57. The number of nitrogens with one attached hydrogen (secondary N) is 2. The van der Waals surface area contributed by atoms with E-state index in [4.69, 9.17) is 0 Å². The zero-order valence-corrected chi connectivity index (χ0v) is 17.8. The predicted molar refractivity (Wildman–Crippen MR) is 113 cm³/mol. The normalized spacial score (nSPS) is 15.5. The smallest absolute Gasteiger partial charge is 0.246 e. The summed E-state index contributed by atoms with van der Waals surface area (Å²) in [4.78, 5) is 24.6. The Morgan fingerprint density at radius 1 is 1.30 bits per heavy atom. The lowest BCUT2D eigenvalue weighted by atomic mass is 10.3. The van der Waals surface area contributed by atoms with Gasteiger partial charge in [0.25, 0.3) is 0 Å². The molecule has 0 bridgehead atoms. The number of sulfonamides is 1. The maximum absolute atomic E-state index is 12.6. The number of nitrogens with zero attached hydrogens (tertiary/aromatic N) is 6. The first-order valence-corrected chi connectivity index (χ1v) is 11.1. The van der Waals surface area contributed by atoms with E-state index in [0.29, 0.717) is 25.6 Å². The van der Waals surface area contributed by atoms with Crippen LogP contribution in [0.1, 0.15) is 6.92 Å². The van der Waals surface area contributed by atoms with Crippen molar-refractivity contribution in [2.75, 3.05) is 44.2 Å². The molecular formula is C18H26N8O3S. The van der Waals surface area contributed by atoms with Gasteiger partial charge in [-0.15, -0.1) is 0 Å². The topological polar surface area (TPSA) is 125 Å². The van der Waals surface area contributed by atoms with E-state index in [2.05, 4.69) is 25.1 Å². The van der Waals surface area contributed by atoms with E-state index in [1.54, 1.807) is 28.0 Å². The van der Waals surface area contributed by atoms with Gasteiger partial charge in [-0.3, -0.25) is 19.5 Å². The standard InChI is InChI=1S/C18H26N8O3S/c1-3-20-18(21-7-8-23-30(28,29)16-5-4-6-19-12-16)25-9-10-26(17(27)14-25)15-11-22-24(2)13-15/h4-6,11-13,23H,3,7-10,14H2,1-2H3,(H,20,21). The van der Waals surface area contributed by atoms with Crippen LogP contribution in [0.2, 0.25) is 0 Å². The Labute approximate surface area is 175 Å². The molecule has 0 aromatic carbocycles. The number of carbonyl (C=O) groups excluding carboxylic acids is 1. The average Bonchev–Trinajstić information content (AvgIpc) is 3.17. The molecule has 3 heterocycles. The second-order valence-electron chi connectivity index (χ2n) is 6.66. The number of hydrogen-bond donors (Lipinski definition) is 2. The summed E-state index contributed by atoms with van der Waals surface area (Å²) in [5.74, 6) is 0.536. The first kappa shape index (κ1) is 21.7. The van der Waals surface area contributed by atoms with Gasteiger partial charge in [-0.2, -0.15) is 5.10 Å². The van der Waals surface area contributed by atoms with Crippen LogP contribution in [-0.4, -0.2) is 79.2 Å². The Hall–Kier alpha value is -2.99. The summed E-state index contributed by atoms with van der Waals surface area (Å²) in [6.45, 7) is 4.25. The third-order valence-electron chi connectivity index (χ3n) is 4.47. The first-order valence-electron chi connectivity index (χ1n) is 9.62. The molecule has 3 rings (SSSR count). The summed E-state index contributed by atoms with van der Waals surface area (Å²) in [6, 6.07) is 3.05. The van der Waals surface area contributed by atoms with Crippen LogP contribution < -0.4 is 14.9 Å². The third kappa shape index (κ3) is 5.33. The second kappa shape index (κ2) is 9.67. The molecule has 1 aliphatic heterocycles. The van der Waals surface area contributed by atoms with Crippen LogP contribution in [-0.2, 0) is 21.9 Å². The fourth-order valence-corrected chi connectivity index (χ4v) is 4.02. The highest BCUT2D eigenvalue weighted by Gasteiger charge is 2.27. The first-order chi connectivity index (χ1) is 14.4. The van der Waals surface area contributed by atoms with Crippen molar-refractivity contribution in [1.82, 2.24) is 29.7 Å². The second-order valence-corrected chi connectivity index (χ2v) is 8.43. The fraction of sp³-hybridized carbons (Fsp3) is 0.444. The molecule has 1 amide bonds. The maximum Gasteiger partial charge on any atom is 0.246 e. The molecule has 0 unspecified atom stereocenters. The summed E-state index contributed by atoms with van der Waals surface area (Å²) >= 11 is 0. The minimum absolute atomic E-state index is 0.0443. The lowest BCUT2D eigenvalue weighted by Crippen LogP contribution is -2.55. The molecule has 0 aliphatic carbocycles. The molecule has 1 fully saturated rings. The van der Waals surface area contributed by atoms with Crippen molar-refractivity contribution in [3.05, 3.63) is 36.9 Å². The van der Waals surface area contributed by atoms with Gasteiger partial charge in [0.2, 0.25) is 15.9 Å². The molecule has 0 radical (unpaired) electrons. The molecule has 11 nitrogen and oxygen atoms in total. The number of carbonyl (C=O) groups is 1. The van der Waals surface area contributed by atoms with Gasteiger partial charge in [-0.25, -0.2) is 13.1 Å². The zero-order valence-electron chi connectivity index (χ0n) is 17.0. The molecule has 1 saturated heterocycles. The Morgan fingerprint density at radius 3 is 2.77 bits per heavy atom. The highest BCUT2D eigenvalue weighted by Crippen LogP contribution is 2.16. The highest BCUT2D eigenvalue weighted by molar-refractivity contribution is 7.89. The van der Waals surface area contributed by atoms with Crippen molar-refractivity contribution in [1.29, 1.82) is 0 Å². The predicted octanol–water partition coefficient (Wildman–Crippen LogP) is -0.592. The minimum atomic E-state index is -3.62. The van der Waals surface area contributed by atoms with Crippen LogP contribution in [0.5, 0.6) is 0 Å². The van der Waals surface area contributed by atoms with Crippen molar-refractivity contribution < 1.29 is 13.2 Å². The van der Waals surface area contributed by atoms with Gasteiger partial charge in [0, 0.05) is 51.8 Å². The third-order valence-corrected chi connectivity index (χ3v) is 5.91. The lowest BCUT2D eigenvalue weighted by Gasteiger charge is -2.35. The van der Waals surface area contributed by atoms with Crippen LogP contribution in [0.15, 0.2) is 46.8 Å². The van der Waals surface area contributed by atoms with Crippen molar-refractivity contribution in [3.63, 3.8) is 0 Å². The van der Waals surface area contributed by atoms with Crippen molar-refractivity contribution in [3.8, 4) is 0 Å². The number of aromatic nitrogens is 3. The molecule has 2 N–H and O–H groups in total. The van der Waals surface area contributed by atoms with Crippen LogP contribution >= 0.6 is 0 Å². The van der Waals surface area contributed by atoms with Crippen molar-refractivity contribution in [2.24, 2.45) is 12.0 Å². The van der Waals surface area contributed by atoms with Gasteiger partial charge in [0.05, 0.1) is 18.4 Å². The van der Waals surface area contributed by atoms with E-state index in [1.165, 1.54) is 18.5 Å². The molecule has 162 valence electrons. The van der Waals surface area contributed by atoms with Gasteiger partial charge < -0.3 is 15.1 Å². The molecule has 0 spiro atoms. The number of piperazine rings is 1. The number of rotatable bonds is 7. The molecular weight excluding hydrogens is 408 g/mol. The monoisotopic (exact) mass is 434 g/mol. The molecule has 0 saturated carbocycles. The summed E-state index contributed by atoms with van der Waals surface area (Å²) < 4.78 is 28.6. The average molecular weight is 435 g/mol. The van der Waals surface area contributed by atoms with Gasteiger partial charge in [0.1, 0.15) is 11.4 Å². The quantitative estimate of drug-likeness (QED) is 0.339. The lowest BCUT2D eigenvalue weighted by molar-refractivity contribution is -0.120. The van der Waals surface area contributed by atoms with Gasteiger partial charge in [0.15, 0.2) is 5.96 Å². The van der Waals surface area contributed by atoms with Crippen LogP contribution in [0, 0.1) is 0 Å². The van der Waals surface area contributed by atoms with Gasteiger partial charge in [-0.05, 0) is 19.1 Å². The number of pyridine rings is 1. The minimum Gasteiger partial charge on any atom is -0.357 e. The number of guanidine groups is 1. The van der Waals surface area contributed by atoms with Crippen LogP contribution in [0.4, 0.5) is 5.69 Å². The van der Waals surface area contributed by atoms with E-state index in [9.17, 15) is 13.2 Å². The van der Waals surface area contributed by atoms with Crippen LogP contribution in [0.3, 0.4) is 0 Å².